The van der Waals surface area contributed by atoms with Gasteiger partial charge in [0.05, 0.1) is 0 Å². The molecule has 0 radical (unpaired) electrons. The van der Waals surface area contributed by atoms with Crippen LogP contribution in [0.5, 0.6) is 0 Å². The Morgan fingerprint density at radius 3 is 2.47 bits per heavy atom. The molecule has 1 N–H and O–H groups in total. The van der Waals surface area contributed by atoms with Crippen LogP contribution >= 0.6 is 0 Å². The summed E-state index contributed by atoms with van der Waals surface area (Å²) in [5.41, 5.74) is 0. The first kappa shape index (κ1) is 16.8. The SMILES string of the molecule is CCNCCCN(C)S(=O)(=O)N(C)C1CCOCC1. The Bertz CT molecular complexity index is 342. The Hall–Kier alpha value is -0.210. The fourth-order valence-electron chi connectivity index (χ4n) is 2.18. The third kappa shape index (κ3) is 5.00. The summed E-state index contributed by atoms with van der Waals surface area (Å²) >= 11 is 0. The molecule has 0 saturated carbocycles. The van der Waals surface area contributed by atoms with E-state index in [0.717, 1.165) is 32.4 Å². The largest absolute Gasteiger partial charge is 0.381 e. The van der Waals surface area contributed by atoms with Crippen molar-refractivity contribution in [2.75, 3.05) is 46.9 Å². The van der Waals surface area contributed by atoms with Gasteiger partial charge in [-0.2, -0.15) is 17.0 Å². The van der Waals surface area contributed by atoms with Gasteiger partial charge in [0.1, 0.15) is 0 Å². The average Bonchev–Trinajstić information content (AvgIpc) is 2.43. The van der Waals surface area contributed by atoms with Gasteiger partial charge in [-0.3, -0.25) is 0 Å². The van der Waals surface area contributed by atoms with E-state index >= 15 is 0 Å². The zero-order chi connectivity index (χ0) is 14.3. The highest BCUT2D eigenvalue weighted by atomic mass is 32.2. The molecule has 0 aromatic carbocycles. The average molecular weight is 293 g/mol. The monoisotopic (exact) mass is 293 g/mol. The third-order valence-electron chi connectivity index (χ3n) is 3.54. The Labute approximate surface area is 117 Å². The van der Waals surface area contributed by atoms with Gasteiger partial charge in [0, 0.05) is 39.9 Å². The normalized spacial score (nSPS) is 18.4. The summed E-state index contributed by atoms with van der Waals surface area (Å²) in [6, 6.07) is 0.0648. The lowest BCUT2D eigenvalue weighted by atomic mass is 10.1. The molecular formula is C12H27N3O3S. The predicted octanol–water partition coefficient (Wildman–Crippen LogP) is 0.273. The van der Waals surface area contributed by atoms with Crippen molar-refractivity contribution in [3.05, 3.63) is 0 Å². The smallest absolute Gasteiger partial charge is 0.281 e. The van der Waals surface area contributed by atoms with Crippen LogP contribution in [0, 0.1) is 0 Å². The molecule has 0 aliphatic carbocycles. The molecule has 1 fully saturated rings. The molecule has 6 nitrogen and oxygen atoms in total. The van der Waals surface area contributed by atoms with Crippen LogP contribution in [0.1, 0.15) is 26.2 Å². The van der Waals surface area contributed by atoms with Gasteiger partial charge in [-0.1, -0.05) is 6.92 Å². The van der Waals surface area contributed by atoms with Crippen LogP contribution in [-0.2, 0) is 14.9 Å². The molecule has 0 bridgehead atoms. The van der Waals surface area contributed by atoms with Gasteiger partial charge in [-0.05, 0) is 32.4 Å². The lowest BCUT2D eigenvalue weighted by molar-refractivity contribution is 0.0620. The summed E-state index contributed by atoms with van der Waals surface area (Å²) < 4.78 is 33.0. The number of nitrogens with zero attached hydrogens (tertiary/aromatic N) is 2. The van der Waals surface area contributed by atoms with E-state index in [-0.39, 0.29) is 6.04 Å². The highest BCUT2D eigenvalue weighted by Gasteiger charge is 2.30. The van der Waals surface area contributed by atoms with Crippen molar-refractivity contribution < 1.29 is 13.2 Å². The molecule has 0 amide bonds. The molecule has 7 heteroatoms. The van der Waals surface area contributed by atoms with E-state index in [9.17, 15) is 8.42 Å². The first-order valence-electron chi connectivity index (χ1n) is 6.98. The van der Waals surface area contributed by atoms with Crippen molar-refractivity contribution in [2.45, 2.75) is 32.2 Å². The molecular weight excluding hydrogens is 266 g/mol. The number of nitrogens with one attached hydrogen (secondary N) is 1. The van der Waals surface area contributed by atoms with E-state index < -0.39 is 10.2 Å². The van der Waals surface area contributed by atoms with Crippen LogP contribution in [0.4, 0.5) is 0 Å². The van der Waals surface area contributed by atoms with Gasteiger partial charge < -0.3 is 10.1 Å². The number of ether oxygens (including phenoxy) is 1. The predicted molar refractivity (Wildman–Crippen MR) is 76.3 cm³/mol. The molecule has 114 valence electrons. The van der Waals surface area contributed by atoms with Crippen molar-refractivity contribution in [1.82, 2.24) is 13.9 Å². The van der Waals surface area contributed by atoms with Gasteiger partial charge in [0.15, 0.2) is 0 Å². The molecule has 0 aromatic heterocycles. The molecule has 0 aromatic rings. The van der Waals surface area contributed by atoms with Gasteiger partial charge in [0.25, 0.3) is 10.2 Å². The van der Waals surface area contributed by atoms with E-state index in [1.165, 1.54) is 8.61 Å². The van der Waals surface area contributed by atoms with Crippen LogP contribution in [-0.4, -0.2) is 70.0 Å². The van der Waals surface area contributed by atoms with E-state index in [1.54, 1.807) is 14.1 Å². The van der Waals surface area contributed by atoms with Crippen LogP contribution < -0.4 is 5.32 Å². The first-order chi connectivity index (χ1) is 9.00. The number of hydrogen-bond acceptors (Lipinski definition) is 4. The third-order valence-corrected chi connectivity index (χ3v) is 5.54. The maximum atomic E-state index is 12.4. The van der Waals surface area contributed by atoms with Crippen LogP contribution in [0.3, 0.4) is 0 Å². The topological polar surface area (TPSA) is 61.9 Å². The fraction of sp³-hybridized carbons (Fsp3) is 1.00. The molecule has 19 heavy (non-hydrogen) atoms. The molecule has 0 spiro atoms. The minimum Gasteiger partial charge on any atom is -0.381 e. The van der Waals surface area contributed by atoms with Gasteiger partial charge in [-0.15, -0.1) is 0 Å². The molecule has 0 unspecified atom stereocenters. The van der Waals surface area contributed by atoms with E-state index in [4.69, 9.17) is 4.74 Å². The van der Waals surface area contributed by atoms with Crippen molar-refractivity contribution in [3.8, 4) is 0 Å². The minimum atomic E-state index is -3.34. The Morgan fingerprint density at radius 1 is 1.26 bits per heavy atom. The Morgan fingerprint density at radius 2 is 1.89 bits per heavy atom. The summed E-state index contributed by atoms with van der Waals surface area (Å²) in [7, 11) is -0.0198. The zero-order valence-corrected chi connectivity index (χ0v) is 13.1. The Balaban J connectivity index is 2.47. The minimum absolute atomic E-state index is 0.0648. The van der Waals surface area contributed by atoms with Crippen molar-refractivity contribution >= 4 is 10.2 Å². The lowest BCUT2D eigenvalue weighted by Gasteiger charge is -2.33. The second-order valence-electron chi connectivity index (χ2n) is 4.90. The zero-order valence-electron chi connectivity index (χ0n) is 12.3. The molecule has 1 aliphatic rings. The van der Waals surface area contributed by atoms with E-state index in [2.05, 4.69) is 5.32 Å². The highest BCUT2D eigenvalue weighted by molar-refractivity contribution is 7.86. The molecule has 1 rings (SSSR count). The number of hydrogen-bond donors (Lipinski definition) is 1. The summed E-state index contributed by atoms with van der Waals surface area (Å²) in [5, 5.41) is 3.20. The van der Waals surface area contributed by atoms with Crippen LogP contribution in [0.2, 0.25) is 0 Å². The maximum Gasteiger partial charge on any atom is 0.281 e. The van der Waals surface area contributed by atoms with Crippen molar-refractivity contribution in [1.29, 1.82) is 0 Å². The quantitative estimate of drug-likeness (QED) is 0.653. The second kappa shape index (κ2) is 8.16. The van der Waals surface area contributed by atoms with E-state index in [1.807, 2.05) is 6.92 Å². The molecule has 1 saturated heterocycles. The second-order valence-corrected chi connectivity index (χ2v) is 6.99. The highest BCUT2D eigenvalue weighted by Crippen LogP contribution is 2.17. The van der Waals surface area contributed by atoms with Crippen LogP contribution in [0.15, 0.2) is 0 Å². The lowest BCUT2D eigenvalue weighted by Crippen LogP contribution is -2.47. The number of rotatable bonds is 8. The first-order valence-corrected chi connectivity index (χ1v) is 8.37. The summed E-state index contributed by atoms with van der Waals surface area (Å²) in [6.45, 7) is 5.64. The van der Waals surface area contributed by atoms with Crippen LogP contribution in [0.25, 0.3) is 0 Å². The Kier molecular flexibility index (Phi) is 7.23. The van der Waals surface area contributed by atoms with Gasteiger partial charge >= 0.3 is 0 Å². The van der Waals surface area contributed by atoms with E-state index in [0.29, 0.717) is 19.8 Å². The maximum absolute atomic E-state index is 12.4. The summed E-state index contributed by atoms with van der Waals surface area (Å²) in [6.07, 6.45) is 2.38. The van der Waals surface area contributed by atoms with Gasteiger partial charge in [0.2, 0.25) is 0 Å². The summed E-state index contributed by atoms with van der Waals surface area (Å²) in [5.74, 6) is 0. The van der Waals surface area contributed by atoms with Crippen molar-refractivity contribution in [3.63, 3.8) is 0 Å². The molecule has 1 heterocycles. The van der Waals surface area contributed by atoms with Crippen molar-refractivity contribution in [2.24, 2.45) is 0 Å². The molecule has 0 atom stereocenters. The summed E-state index contributed by atoms with van der Waals surface area (Å²) in [4.78, 5) is 0. The molecule has 1 aliphatic heterocycles. The van der Waals surface area contributed by atoms with Gasteiger partial charge in [-0.25, -0.2) is 0 Å². The standard InChI is InChI=1S/C12H27N3O3S/c1-4-13-8-5-9-14(2)19(16,17)15(3)12-6-10-18-11-7-12/h12-13H,4-11H2,1-3H3. The fourth-order valence-corrected chi connectivity index (χ4v) is 3.56.